The van der Waals surface area contributed by atoms with Gasteiger partial charge in [0.1, 0.15) is 0 Å². The van der Waals surface area contributed by atoms with Crippen LogP contribution in [0.3, 0.4) is 0 Å². The second-order valence-corrected chi connectivity index (χ2v) is 4.16. The third-order valence-electron chi connectivity index (χ3n) is 2.82. The van der Waals surface area contributed by atoms with Crippen LogP contribution in [0.15, 0.2) is 12.3 Å². The fourth-order valence-corrected chi connectivity index (χ4v) is 1.70. The molecule has 2 aromatic heterocycles. The van der Waals surface area contributed by atoms with Crippen LogP contribution in [0.25, 0.3) is 5.95 Å². The van der Waals surface area contributed by atoms with Gasteiger partial charge < -0.3 is 10.1 Å². The van der Waals surface area contributed by atoms with Gasteiger partial charge >= 0.3 is 6.01 Å². The molecular formula is C11H14N6O. The Morgan fingerprint density at radius 3 is 2.83 bits per heavy atom. The average molecular weight is 246 g/mol. The zero-order chi connectivity index (χ0) is 12.5. The molecule has 0 aromatic carbocycles. The van der Waals surface area contributed by atoms with Gasteiger partial charge in [0.05, 0.1) is 12.8 Å². The molecule has 3 rings (SSSR count). The third kappa shape index (κ3) is 1.99. The van der Waals surface area contributed by atoms with Gasteiger partial charge in [-0.3, -0.25) is 0 Å². The summed E-state index contributed by atoms with van der Waals surface area (Å²) in [4.78, 5) is 12.5. The van der Waals surface area contributed by atoms with Crippen molar-refractivity contribution >= 4 is 5.95 Å². The molecule has 0 amide bonds. The fourth-order valence-electron chi connectivity index (χ4n) is 1.70. The number of methoxy groups -OCH3 is 1. The molecule has 18 heavy (non-hydrogen) atoms. The highest BCUT2D eigenvalue weighted by atomic mass is 16.5. The highest BCUT2D eigenvalue weighted by Gasteiger charge is 2.26. The van der Waals surface area contributed by atoms with Crippen molar-refractivity contribution in [1.29, 1.82) is 0 Å². The van der Waals surface area contributed by atoms with Crippen molar-refractivity contribution in [3.8, 4) is 12.0 Å². The van der Waals surface area contributed by atoms with E-state index >= 15 is 0 Å². The summed E-state index contributed by atoms with van der Waals surface area (Å²) < 4.78 is 6.69. The maximum Gasteiger partial charge on any atom is 0.322 e. The van der Waals surface area contributed by atoms with E-state index in [1.54, 1.807) is 11.7 Å². The van der Waals surface area contributed by atoms with Crippen molar-refractivity contribution in [2.45, 2.75) is 18.8 Å². The van der Waals surface area contributed by atoms with E-state index in [1.807, 2.05) is 12.3 Å². The van der Waals surface area contributed by atoms with E-state index in [2.05, 4.69) is 25.4 Å². The Kier molecular flexibility index (Phi) is 2.58. The summed E-state index contributed by atoms with van der Waals surface area (Å²) in [5, 5.41) is 7.34. The van der Waals surface area contributed by atoms with Crippen molar-refractivity contribution < 1.29 is 4.74 Å². The van der Waals surface area contributed by atoms with Crippen molar-refractivity contribution in [2.24, 2.45) is 0 Å². The molecule has 2 aromatic rings. The molecule has 94 valence electrons. The molecule has 2 heterocycles. The smallest absolute Gasteiger partial charge is 0.322 e. The highest BCUT2D eigenvalue weighted by Crippen LogP contribution is 2.38. The van der Waals surface area contributed by atoms with Crippen molar-refractivity contribution in [3.63, 3.8) is 0 Å². The number of anilines is 1. The second kappa shape index (κ2) is 4.25. The van der Waals surface area contributed by atoms with Crippen LogP contribution < -0.4 is 10.1 Å². The molecule has 1 fully saturated rings. The quantitative estimate of drug-likeness (QED) is 0.866. The lowest BCUT2D eigenvalue weighted by atomic mass is 10.3. The van der Waals surface area contributed by atoms with Crippen molar-refractivity contribution in [1.82, 2.24) is 24.7 Å². The van der Waals surface area contributed by atoms with Crippen LogP contribution in [-0.2, 0) is 0 Å². The summed E-state index contributed by atoms with van der Waals surface area (Å²) in [6.45, 7) is 0. The molecule has 0 spiro atoms. The standard InChI is InChI=1S/C11H14N6O/c1-12-9-13-10(15-11(14-9)18-2)17-6-5-8(16-17)7-3-4-7/h5-7H,3-4H2,1-2H3,(H,12,13,14,15). The molecule has 1 N–H and O–H groups in total. The van der Waals surface area contributed by atoms with E-state index in [0.717, 1.165) is 5.69 Å². The van der Waals surface area contributed by atoms with E-state index in [9.17, 15) is 0 Å². The first-order valence-corrected chi connectivity index (χ1v) is 5.84. The van der Waals surface area contributed by atoms with Gasteiger partial charge in [-0.1, -0.05) is 0 Å². The molecule has 7 heteroatoms. The first-order valence-electron chi connectivity index (χ1n) is 5.84. The lowest BCUT2D eigenvalue weighted by molar-refractivity contribution is 0.377. The minimum atomic E-state index is 0.271. The first kappa shape index (κ1) is 10.9. The minimum Gasteiger partial charge on any atom is -0.467 e. The van der Waals surface area contributed by atoms with E-state index in [1.165, 1.54) is 20.0 Å². The average Bonchev–Trinajstić information content (AvgIpc) is 3.15. The van der Waals surface area contributed by atoms with Gasteiger partial charge in [0.15, 0.2) is 0 Å². The van der Waals surface area contributed by atoms with Crippen LogP contribution in [0, 0.1) is 0 Å². The lowest BCUT2D eigenvalue weighted by Gasteiger charge is -2.05. The maximum atomic E-state index is 5.04. The lowest BCUT2D eigenvalue weighted by Crippen LogP contribution is -2.08. The predicted molar refractivity (Wildman–Crippen MR) is 65.0 cm³/mol. The van der Waals surface area contributed by atoms with E-state index in [0.29, 0.717) is 17.8 Å². The van der Waals surface area contributed by atoms with Gasteiger partial charge in [-0.15, -0.1) is 0 Å². The van der Waals surface area contributed by atoms with Gasteiger partial charge in [-0.2, -0.15) is 20.1 Å². The van der Waals surface area contributed by atoms with Gasteiger partial charge in [0.2, 0.25) is 5.95 Å². The van der Waals surface area contributed by atoms with Gasteiger partial charge in [-0.05, 0) is 18.9 Å². The SMILES string of the molecule is CNc1nc(OC)nc(-n2ccc(C3CC3)n2)n1. The molecule has 0 aliphatic heterocycles. The number of nitrogens with one attached hydrogen (secondary N) is 1. The Labute approximate surface area is 104 Å². The van der Waals surface area contributed by atoms with Crippen LogP contribution in [0.2, 0.25) is 0 Å². The van der Waals surface area contributed by atoms with Gasteiger partial charge in [0, 0.05) is 19.2 Å². The molecule has 1 aliphatic carbocycles. The molecule has 1 saturated carbocycles. The molecule has 1 aliphatic rings. The fraction of sp³-hybridized carbons (Fsp3) is 0.455. The van der Waals surface area contributed by atoms with Gasteiger partial charge in [-0.25, -0.2) is 4.68 Å². The zero-order valence-corrected chi connectivity index (χ0v) is 10.3. The summed E-state index contributed by atoms with van der Waals surface area (Å²) in [6.07, 6.45) is 4.31. The zero-order valence-electron chi connectivity index (χ0n) is 10.3. The van der Waals surface area contributed by atoms with Crippen LogP contribution in [-0.4, -0.2) is 38.9 Å². The maximum absolute atomic E-state index is 5.04. The van der Waals surface area contributed by atoms with E-state index < -0.39 is 0 Å². The number of rotatable bonds is 4. The normalized spacial score (nSPS) is 14.6. The minimum absolute atomic E-state index is 0.271. The van der Waals surface area contributed by atoms with Gasteiger partial charge in [0.25, 0.3) is 5.95 Å². The van der Waals surface area contributed by atoms with Crippen molar-refractivity contribution in [2.75, 3.05) is 19.5 Å². The van der Waals surface area contributed by atoms with Crippen LogP contribution in [0.4, 0.5) is 5.95 Å². The summed E-state index contributed by atoms with van der Waals surface area (Å²) in [5.74, 6) is 1.53. The molecule has 0 bridgehead atoms. The molecule has 0 saturated heterocycles. The number of hydrogen-bond donors (Lipinski definition) is 1. The van der Waals surface area contributed by atoms with E-state index in [4.69, 9.17) is 4.74 Å². The first-order chi connectivity index (χ1) is 8.80. The Balaban J connectivity index is 1.97. The Hall–Kier alpha value is -2.18. The largest absolute Gasteiger partial charge is 0.467 e. The Bertz CT molecular complexity index is 540. The highest BCUT2D eigenvalue weighted by molar-refractivity contribution is 5.29. The van der Waals surface area contributed by atoms with Crippen LogP contribution in [0.1, 0.15) is 24.5 Å². The molecule has 7 nitrogen and oxygen atoms in total. The number of ether oxygens (including phenoxy) is 1. The topological polar surface area (TPSA) is 77.8 Å². The van der Waals surface area contributed by atoms with Crippen LogP contribution in [0.5, 0.6) is 6.01 Å². The summed E-state index contributed by atoms with van der Waals surface area (Å²) in [6, 6.07) is 2.28. The van der Waals surface area contributed by atoms with Crippen LogP contribution >= 0.6 is 0 Å². The molecule has 0 radical (unpaired) electrons. The number of hydrogen-bond acceptors (Lipinski definition) is 6. The molecule has 0 unspecified atom stereocenters. The number of aromatic nitrogens is 5. The Morgan fingerprint density at radius 1 is 1.33 bits per heavy atom. The second-order valence-electron chi connectivity index (χ2n) is 4.16. The predicted octanol–water partition coefficient (Wildman–Crippen LogP) is 0.985. The summed E-state index contributed by atoms with van der Waals surface area (Å²) in [5.41, 5.74) is 1.10. The molecule has 0 atom stereocenters. The third-order valence-corrected chi connectivity index (χ3v) is 2.82. The number of nitrogens with zero attached hydrogens (tertiary/aromatic N) is 5. The monoisotopic (exact) mass is 246 g/mol. The molecular weight excluding hydrogens is 232 g/mol. The van der Waals surface area contributed by atoms with Crippen molar-refractivity contribution in [3.05, 3.63) is 18.0 Å². The summed E-state index contributed by atoms with van der Waals surface area (Å²) in [7, 11) is 3.27. The summed E-state index contributed by atoms with van der Waals surface area (Å²) >= 11 is 0. The Morgan fingerprint density at radius 2 is 2.17 bits per heavy atom. The van der Waals surface area contributed by atoms with E-state index in [-0.39, 0.29) is 6.01 Å².